The van der Waals surface area contributed by atoms with Crippen LogP contribution in [-0.2, 0) is 22.6 Å². The van der Waals surface area contributed by atoms with Gasteiger partial charge in [0.1, 0.15) is 5.75 Å². The number of ether oxygens (including phenoxy) is 2. The topological polar surface area (TPSA) is 102 Å². The molecule has 1 aliphatic rings. The SMILES string of the molecule is Cc1cc2nc(CO)ccc2c(-c2ccc3c4c(ccnc24)CCO3)c1[C@@H](OC(C)(C)C)C(=O)O. The molecule has 0 unspecified atom stereocenters. The maximum absolute atomic E-state index is 12.6. The molecule has 2 aromatic heterocycles. The van der Waals surface area contributed by atoms with Gasteiger partial charge >= 0.3 is 5.97 Å². The van der Waals surface area contributed by atoms with Crippen molar-refractivity contribution in [2.75, 3.05) is 6.61 Å². The molecule has 4 aromatic rings. The highest BCUT2D eigenvalue weighted by Crippen LogP contribution is 2.44. The molecule has 0 bridgehead atoms. The fourth-order valence-corrected chi connectivity index (χ4v) is 4.87. The van der Waals surface area contributed by atoms with E-state index in [-0.39, 0.29) is 6.61 Å². The number of hydrogen-bond donors (Lipinski definition) is 2. The fourth-order valence-electron chi connectivity index (χ4n) is 4.87. The van der Waals surface area contributed by atoms with Crippen molar-refractivity contribution in [2.24, 2.45) is 0 Å². The van der Waals surface area contributed by atoms with Crippen LogP contribution in [-0.4, -0.2) is 38.4 Å². The molecule has 0 radical (unpaired) electrons. The Morgan fingerprint density at radius 3 is 2.71 bits per heavy atom. The second-order valence-electron chi connectivity index (χ2n) is 9.86. The van der Waals surface area contributed by atoms with Crippen LogP contribution in [0.3, 0.4) is 0 Å². The third kappa shape index (κ3) is 4.11. The first-order chi connectivity index (χ1) is 16.7. The second-order valence-corrected chi connectivity index (χ2v) is 9.86. The molecule has 0 aliphatic carbocycles. The number of pyridine rings is 2. The quantitative estimate of drug-likeness (QED) is 0.415. The molecule has 0 saturated carbocycles. The number of aromatic nitrogens is 2. The monoisotopic (exact) mass is 472 g/mol. The van der Waals surface area contributed by atoms with Gasteiger partial charge in [0.25, 0.3) is 0 Å². The Morgan fingerprint density at radius 1 is 1.20 bits per heavy atom. The molecule has 2 N–H and O–H groups in total. The van der Waals surface area contributed by atoms with E-state index in [1.54, 1.807) is 12.3 Å². The van der Waals surface area contributed by atoms with Crippen LogP contribution in [0.25, 0.3) is 32.9 Å². The van der Waals surface area contributed by atoms with Crippen LogP contribution in [0.4, 0.5) is 0 Å². The minimum absolute atomic E-state index is 0.184. The molecule has 7 nitrogen and oxygen atoms in total. The van der Waals surface area contributed by atoms with Crippen molar-refractivity contribution in [3.05, 3.63) is 65.0 Å². The van der Waals surface area contributed by atoms with E-state index >= 15 is 0 Å². The Bertz CT molecular complexity index is 1460. The van der Waals surface area contributed by atoms with Crippen LogP contribution < -0.4 is 4.74 Å². The summed E-state index contributed by atoms with van der Waals surface area (Å²) in [4.78, 5) is 21.9. The third-order valence-electron chi connectivity index (χ3n) is 6.26. The molecule has 180 valence electrons. The van der Waals surface area contributed by atoms with E-state index in [1.165, 1.54) is 0 Å². The second kappa shape index (κ2) is 8.59. The van der Waals surface area contributed by atoms with Crippen LogP contribution in [0.1, 0.15) is 49.3 Å². The standard InChI is InChI=1S/C28H28N2O5/c1-15-13-20-18(6-5-17(14-31)30-20)24(22(15)26(27(32)33)35-28(2,3)4)19-7-8-21-23-16(10-12-34-21)9-11-29-25(19)23/h5-9,11,13,26,31H,10,12,14H2,1-4H3,(H,32,33)/t26-/m1/s1. The van der Waals surface area contributed by atoms with Gasteiger partial charge in [0, 0.05) is 34.5 Å². The average molecular weight is 473 g/mol. The number of nitrogens with zero attached hydrogens (tertiary/aromatic N) is 2. The molecule has 0 amide bonds. The van der Waals surface area contributed by atoms with Crippen LogP contribution in [0.15, 0.2) is 42.6 Å². The summed E-state index contributed by atoms with van der Waals surface area (Å²) in [5.74, 6) is -0.291. The Hall–Kier alpha value is -3.55. The van der Waals surface area contributed by atoms with Crippen molar-refractivity contribution < 1.29 is 24.5 Å². The van der Waals surface area contributed by atoms with E-state index < -0.39 is 17.7 Å². The molecule has 7 heteroatoms. The fraction of sp³-hybridized carbons (Fsp3) is 0.321. The molecule has 3 heterocycles. The van der Waals surface area contributed by atoms with Gasteiger partial charge in [-0.1, -0.05) is 6.07 Å². The Balaban J connectivity index is 1.91. The number of rotatable bonds is 5. The zero-order valence-electron chi connectivity index (χ0n) is 20.3. The van der Waals surface area contributed by atoms with Crippen molar-refractivity contribution in [2.45, 2.75) is 52.4 Å². The van der Waals surface area contributed by atoms with Crippen LogP contribution in [0.2, 0.25) is 0 Å². The summed E-state index contributed by atoms with van der Waals surface area (Å²) in [7, 11) is 0. The number of carboxylic acids is 1. The number of aliphatic carboxylic acids is 1. The van der Waals surface area contributed by atoms with Gasteiger partial charge in [-0.15, -0.1) is 0 Å². The highest BCUT2D eigenvalue weighted by atomic mass is 16.5. The lowest BCUT2D eigenvalue weighted by atomic mass is 9.86. The van der Waals surface area contributed by atoms with Gasteiger partial charge in [0.05, 0.1) is 35.5 Å². The van der Waals surface area contributed by atoms with E-state index in [2.05, 4.69) is 4.98 Å². The molecule has 2 aromatic carbocycles. The summed E-state index contributed by atoms with van der Waals surface area (Å²) in [6.45, 7) is 7.82. The predicted molar refractivity (Wildman–Crippen MR) is 134 cm³/mol. The molecule has 0 saturated heterocycles. The maximum Gasteiger partial charge on any atom is 0.337 e. The first-order valence-electron chi connectivity index (χ1n) is 11.7. The van der Waals surface area contributed by atoms with E-state index in [9.17, 15) is 15.0 Å². The molecule has 1 aliphatic heterocycles. The van der Waals surface area contributed by atoms with Crippen molar-refractivity contribution >= 4 is 27.8 Å². The Labute approximate surface area is 203 Å². The molecular formula is C28H28N2O5. The number of carbonyl (C=O) groups is 1. The van der Waals surface area contributed by atoms with Crippen LogP contribution in [0.5, 0.6) is 5.75 Å². The lowest BCUT2D eigenvalue weighted by Crippen LogP contribution is -2.28. The average Bonchev–Trinajstić information content (AvgIpc) is 2.82. The normalized spacial score (nSPS) is 14.2. The first kappa shape index (κ1) is 23.2. The van der Waals surface area contributed by atoms with E-state index in [1.807, 2.05) is 58.0 Å². The molecule has 35 heavy (non-hydrogen) atoms. The first-order valence-corrected chi connectivity index (χ1v) is 11.7. The Kier molecular flexibility index (Phi) is 5.69. The maximum atomic E-state index is 12.6. The van der Waals surface area contributed by atoms with Crippen molar-refractivity contribution in [1.29, 1.82) is 0 Å². The van der Waals surface area contributed by atoms with Gasteiger partial charge < -0.3 is 19.7 Å². The largest absolute Gasteiger partial charge is 0.493 e. The van der Waals surface area contributed by atoms with Crippen LogP contribution in [0, 0.1) is 6.92 Å². The third-order valence-corrected chi connectivity index (χ3v) is 6.26. The van der Waals surface area contributed by atoms with Gasteiger partial charge in [-0.25, -0.2) is 4.79 Å². The summed E-state index contributed by atoms with van der Waals surface area (Å²) in [5.41, 5.74) is 5.24. The molecule has 0 fully saturated rings. The zero-order valence-corrected chi connectivity index (χ0v) is 20.3. The van der Waals surface area contributed by atoms with Crippen molar-refractivity contribution in [1.82, 2.24) is 9.97 Å². The van der Waals surface area contributed by atoms with Crippen LogP contribution >= 0.6 is 0 Å². The number of carboxylic acid groups (broad SMARTS) is 1. The van der Waals surface area contributed by atoms with Crippen molar-refractivity contribution in [3.8, 4) is 16.9 Å². The number of aliphatic hydroxyl groups excluding tert-OH is 1. The molecule has 5 rings (SSSR count). The van der Waals surface area contributed by atoms with Gasteiger partial charge in [-0.3, -0.25) is 9.97 Å². The summed E-state index contributed by atoms with van der Waals surface area (Å²) in [6, 6.07) is 11.4. The summed E-state index contributed by atoms with van der Waals surface area (Å²) in [5, 5.41) is 21.6. The van der Waals surface area contributed by atoms with E-state index in [0.29, 0.717) is 23.4 Å². The Morgan fingerprint density at radius 2 is 2.00 bits per heavy atom. The van der Waals surface area contributed by atoms with Gasteiger partial charge in [0.2, 0.25) is 0 Å². The summed E-state index contributed by atoms with van der Waals surface area (Å²) in [6.07, 6.45) is 1.37. The minimum atomic E-state index is -1.20. The number of aliphatic hydroxyl groups is 1. The smallest absolute Gasteiger partial charge is 0.337 e. The van der Waals surface area contributed by atoms with E-state index in [4.69, 9.17) is 14.5 Å². The van der Waals surface area contributed by atoms with Crippen molar-refractivity contribution in [3.63, 3.8) is 0 Å². The summed E-state index contributed by atoms with van der Waals surface area (Å²) < 4.78 is 12.0. The van der Waals surface area contributed by atoms with Gasteiger partial charge in [-0.2, -0.15) is 0 Å². The number of benzene rings is 2. The molecule has 1 atom stereocenters. The lowest BCUT2D eigenvalue weighted by Gasteiger charge is -2.29. The van der Waals surface area contributed by atoms with Gasteiger partial charge in [-0.05, 0) is 74.7 Å². The minimum Gasteiger partial charge on any atom is -0.493 e. The van der Waals surface area contributed by atoms with Gasteiger partial charge in [0.15, 0.2) is 6.10 Å². The number of aryl methyl sites for hydroxylation is 1. The molecular weight excluding hydrogens is 444 g/mol. The predicted octanol–water partition coefficient (Wildman–Crippen LogP) is 5.13. The molecule has 0 spiro atoms. The number of fused-ring (bicyclic) bond motifs is 1. The zero-order chi connectivity index (χ0) is 24.9. The summed E-state index contributed by atoms with van der Waals surface area (Å²) >= 11 is 0. The highest BCUT2D eigenvalue weighted by molar-refractivity contribution is 6.08. The highest BCUT2D eigenvalue weighted by Gasteiger charge is 2.32. The number of hydrogen-bond acceptors (Lipinski definition) is 6. The van der Waals surface area contributed by atoms with E-state index in [0.717, 1.165) is 50.7 Å². The lowest BCUT2D eigenvalue weighted by molar-refractivity contribution is -0.160.